The highest BCUT2D eigenvalue weighted by atomic mass is 79.9. The first-order valence-corrected chi connectivity index (χ1v) is 8.66. The average Bonchev–Trinajstić information content (AvgIpc) is 2.48. The summed E-state index contributed by atoms with van der Waals surface area (Å²) in [6, 6.07) is 14.0. The second-order valence-corrected chi connectivity index (χ2v) is 7.34. The predicted octanol–water partition coefficient (Wildman–Crippen LogP) is 2.77. The molecule has 2 N–H and O–H groups in total. The van der Waals surface area contributed by atoms with Crippen LogP contribution in [0, 0.1) is 6.92 Å². The molecule has 0 radical (unpaired) electrons. The van der Waals surface area contributed by atoms with Gasteiger partial charge in [-0.3, -0.25) is 0 Å². The van der Waals surface area contributed by atoms with Crippen LogP contribution < -0.4 is 4.72 Å². The van der Waals surface area contributed by atoms with E-state index in [4.69, 9.17) is 0 Å². The molecule has 112 valence electrons. The summed E-state index contributed by atoms with van der Waals surface area (Å²) in [5.74, 6) is 0. The maximum absolute atomic E-state index is 12.3. The van der Waals surface area contributed by atoms with E-state index in [1.54, 1.807) is 49.4 Å². The van der Waals surface area contributed by atoms with Crippen molar-refractivity contribution in [3.05, 3.63) is 64.1 Å². The molecule has 1 unspecified atom stereocenters. The normalized spacial score (nSPS) is 13.1. The third kappa shape index (κ3) is 4.14. The van der Waals surface area contributed by atoms with E-state index in [0.717, 1.165) is 0 Å². The fourth-order valence-electron chi connectivity index (χ4n) is 1.92. The second kappa shape index (κ2) is 6.70. The molecule has 6 heteroatoms. The molecule has 0 saturated carbocycles. The summed E-state index contributed by atoms with van der Waals surface area (Å²) in [5.41, 5.74) is 1.33. The zero-order valence-electron chi connectivity index (χ0n) is 11.5. The number of aryl methyl sites for hydroxylation is 1. The van der Waals surface area contributed by atoms with Gasteiger partial charge in [-0.15, -0.1) is 0 Å². The summed E-state index contributed by atoms with van der Waals surface area (Å²) in [4.78, 5) is 0.206. The lowest BCUT2D eigenvalue weighted by Crippen LogP contribution is -2.29. The molecule has 0 spiro atoms. The molecule has 0 aliphatic rings. The smallest absolute Gasteiger partial charge is 0.240 e. The predicted molar refractivity (Wildman–Crippen MR) is 85.5 cm³/mol. The highest BCUT2D eigenvalue weighted by Gasteiger charge is 2.19. The van der Waals surface area contributed by atoms with Crippen LogP contribution in [0.25, 0.3) is 0 Å². The van der Waals surface area contributed by atoms with Crippen molar-refractivity contribution in [2.75, 3.05) is 6.54 Å². The molecule has 21 heavy (non-hydrogen) atoms. The topological polar surface area (TPSA) is 66.4 Å². The van der Waals surface area contributed by atoms with Gasteiger partial charge in [0, 0.05) is 11.0 Å². The number of hydrogen-bond acceptors (Lipinski definition) is 3. The van der Waals surface area contributed by atoms with Gasteiger partial charge in [0.15, 0.2) is 0 Å². The van der Waals surface area contributed by atoms with Crippen molar-refractivity contribution in [2.45, 2.75) is 17.9 Å². The minimum Gasteiger partial charge on any atom is -0.387 e. The molecule has 0 aromatic heterocycles. The third-order valence-corrected chi connectivity index (χ3v) is 5.15. The van der Waals surface area contributed by atoms with Crippen LogP contribution in [0.3, 0.4) is 0 Å². The Morgan fingerprint density at radius 1 is 1.19 bits per heavy atom. The molecule has 0 bridgehead atoms. The van der Waals surface area contributed by atoms with Crippen LogP contribution in [0.1, 0.15) is 17.2 Å². The van der Waals surface area contributed by atoms with Crippen LogP contribution in [-0.2, 0) is 10.0 Å². The standard InChI is InChI=1S/C15H16BrNO3S/c1-11-7-8-13(16)9-15(11)21(19,20)17-10-14(18)12-5-3-2-4-6-12/h2-9,14,17-18H,10H2,1H3. The van der Waals surface area contributed by atoms with Gasteiger partial charge in [0.05, 0.1) is 11.0 Å². The third-order valence-electron chi connectivity index (χ3n) is 3.09. The Labute approximate surface area is 133 Å². The maximum Gasteiger partial charge on any atom is 0.240 e. The summed E-state index contributed by atoms with van der Waals surface area (Å²) in [6.07, 6.45) is -0.881. The van der Waals surface area contributed by atoms with Gasteiger partial charge in [-0.1, -0.05) is 52.3 Å². The van der Waals surface area contributed by atoms with E-state index >= 15 is 0 Å². The molecule has 4 nitrogen and oxygen atoms in total. The average molecular weight is 370 g/mol. The van der Waals surface area contributed by atoms with Gasteiger partial charge in [-0.2, -0.15) is 0 Å². The van der Waals surface area contributed by atoms with E-state index in [-0.39, 0.29) is 11.4 Å². The summed E-state index contributed by atoms with van der Waals surface area (Å²) in [6.45, 7) is 1.66. The summed E-state index contributed by atoms with van der Waals surface area (Å²) >= 11 is 3.26. The number of sulfonamides is 1. The highest BCUT2D eigenvalue weighted by Crippen LogP contribution is 2.21. The Hall–Kier alpha value is -1.21. The number of aliphatic hydroxyl groups excluding tert-OH is 1. The van der Waals surface area contributed by atoms with Crippen LogP contribution in [-0.4, -0.2) is 20.1 Å². The molecular formula is C15H16BrNO3S. The first-order valence-electron chi connectivity index (χ1n) is 6.39. The lowest BCUT2D eigenvalue weighted by molar-refractivity contribution is 0.182. The van der Waals surface area contributed by atoms with E-state index in [1.807, 2.05) is 6.07 Å². The van der Waals surface area contributed by atoms with Crippen LogP contribution in [0.5, 0.6) is 0 Å². The zero-order chi connectivity index (χ0) is 15.5. The van der Waals surface area contributed by atoms with Gasteiger partial charge < -0.3 is 5.11 Å². The van der Waals surface area contributed by atoms with E-state index in [0.29, 0.717) is 15.6 Å². The van der Waals surface area contributed by atoms with Crippen molar-refractivity contribution >= 4 is 26.0 Å². The molecular weight excluding hydrogens is 354 g/mol. The molecule has 1 atom stereocenters. The van der Waals surface area contributed by atoms with E-state index in [1.165, 1.54) is 0 Å². The molecule has 0 fully saturated rings. The van der Waals surface area contributed by atoms with Crippen molar-refractivity contribution in [3.8, 4) is 0 Å². The molecule has 0 aliphatic carbocycles. The Balaban J connectivity index is 2.13. The molecule has 0 saturated heterocycles. The highest BCUT2D eigenvalue weighted by molar-refractivity contribution is 9.10. The SMILES string of the molecule is Cc1ccc(Br)cc1S(=O)(=O)NCC(O)c1ccccc1. The Bertz CT molecular complexity index is 717. The number of nitrogens with one attached hydrogen (secondary N) is 1. The number of aliphatic hydroxyl groups is 1. The second-order valence-electron chi connectivity index (χ2n) is 4.69. The Morgan fingerprint density at radius 2 is 1.86 bits per heavy atom. The summed E-state index contributed by atoms with van der Waals surface area (Å²) in [5, 5.41) is 10.0. The van der Waals surface area contributed by atoms with Gasteiger partial charge in [0.1, 0.15) is 0 Å². The van der Waals surface area contributed by atoms with Crippen molar-refractivity contribution in [1.29, 1.82) is 0 Å². The minimum absolute atomic E-state index is 0.0711. The van der Waals surface area contributed by atoms with Crippen molar-refractivity contribution in [2.24, 2.45) is 0 Å². The van der Waals surface area contributed by atoms with Crippen LogP contribution in [0.2, 0.25) is 0 Å². The van der Waals surface area contributed by atoms with Gasteiger partial charge in [0.25, 0.3) is 0 Å². The maximum atomic E-state index is 12.3. The van der Waals surface area contributed by atoms with Crippen molar-refractivity contribution in [1.82, 2.24) is 4.72 Å². The molecule has 2 aromatic rings. The van der Waals surface area contributed by atoms with E-state index < -0.39 is 16.1 Å². The monoisotopic (exact) mass is 369 g/mol. The van der Waals surface area contributed by atoms with E-state index in [9.17, 15) is 13.5 Å². The van der Waals surface area contributed by atoms with Gasteiger partial charge in [-0.05, 0) is 30.2 Å². The number of halogens is 1. The Morgan fingerprint density at radius 3 is 2.52 bits per heavy atom. The lowest BCUT2D eigenvalue weighted by Gasteiger charge is -2.14. The first-order chi connectivity index (χ1) is 9.90. The quantitative estimate of drug-likeness (QED) is 0.851. The van der Waals surface area contributed by atoms with Gasteiger partial charge in [-0.25, -0.2) is 13.1 Å². The minimum atomic E-state index is -3.66. The van der Waals surface area contributed by atoms with Gasteiger partial charge in [0.2, 0.25) is 10.0 Å². The first kappa shape index (κ1) is 16.2. The van der Waals surface area contributed by atoms with E-state index in [2.05, 4.69) is 20.7 Å². The number of rotatable bonds is 5. The van der Waals surface area contributed by atoms with Gasteiger partial charge >= 0.3 is 0 Å². The van der Waals surface area contributed by atoms with Crippen LogP contribution in [0.4, 0.5) is 0 Å². The molecule has 0 aliphatic heterocycles. The fourth-order valence-corrected chi connectivity index (χ4v) is 3.74. The molecule has 0 heterocycles. The summed E-state index contributed by atoms with van der Waals surface area (Å²) in [7, 11) is -3.66. The van der Waals surface area contributed by atoms with Crippen molar-refractivity contribution < 1.29 is 13.5 Å². The Kier molecular flexibility index (Phi) is 5.16. The fraction of sp³-hybridized carbons (Fsp3) is 0.200. The van der Waals surface area contributed by atoms with Crippen LogP contribution >= 0.6 is 15.9 Å². The van der Waals surface area contributed by atoms with Crippen LogP contribution in [0.15, 0.2) is 57.9 Å². The summed E-state index contributed by atoms with van der Waals surface area (Å²) < 4.78 is 27.7. The lowest BCUT2D eigenvalue weighted by atomic mass is 10.1. The number of hydrogen-bond donors (Lipinski definition) is 2. The largest absolute Gasteiger partial charge is 0.387 e. The number of benzene rings is 2. The zero-order valence-corrected chi connectivity index (χ0v) is 13.9. The van der Waals surface area contributed by atoms with Crippen molar-refractivity contribution in [3.63, 3.8) is 0 Å². The molecule has 2 aromatic carbocycles. The molecule has 0 amide bonds. The molecule has 2 rings (SSSR count).